The average molecular weight is 301 g/mol. The van der Waals surface area contributed by atoms with Crippen molar-refractivity contribution in [3.63, 3.8) is 0 Å². The fraction of sp³-hybridized carbons (Fsp3) is 0.556. The highest BCUT2D eigenvalue weighted by Gasteiger charge is 2.52. The number of carbonyl (C=O) groups is 2. The van der Waals surface area contributed by atoms with Crippen LogP contribution in [0.2, 0.25) is 0 Å². The zero-order valence-electron chi connectivity index (χ0n) is 13.0. The second kappa shape index (κ2) is 5.75. The van der Waals surface area contributed by atoms with Crippen molar-refractivity contribution in [1.82, 2.24) is 4.90 Å². The van der Waals surface area contributed by atoms with E-state index in [1.807, 2.05) is 18.2 Å². The monoisotopic (exact) mass is 301 g/mol. The van der Waals surface area contributed by atoms with E-state index in [0.29, 0.717) is 37.6 Å². The van der Waals surface area contributed by atoms with Crippen molar-refractivity contribution in [3.05, 3.63) is 35.9 Å². The normalized spacial score (nSPS) is 27.3. The molecule has 3 rings (SSSR count). The Kier molecular flexibility index (Phi) is 3.94. The van der Waals surface area contributed by atoms with E-state index in [0.717, 1.165) is 12.8 Å². The van der Waals surface area contributed by atoms with Crippen LogP contribution in [0.25, 0.3) is 0 Å². The molecule has 1 spiro atoms. The molecular weight excluding hydrogens is 278 g/mol. The third-order valence-corrected chi connectivity index (χ3v) is 5.55. The summed E-state index contributed by atoms with van der Waals surface area (Å²) < 4.78 is 0. The van der Waals surface area contributed by atoms with E-state index in [2.05, 4.69) is 19.1 Å². The van der Waals surface area contributed by atoms with Crippen molar-refractivity contribution < 1.29 is 14.7 Å². The Labute approximate surface area is 131 Å². The second-order valence-corrected chi connectivity index (χ2v) is 6.89. The molecule has 1 aromatic rings. The van der Waals surface area contributed by atoms with Gasteiger partial charge in [-0.1, -0.05) is 37.3 Å². The maximum absolute atomic E-state index is 13.0. The van der Waals surface area contributed by atoms with Crippen LogP contribution in [-0.4, -0.2) is 35.0 Å². The van der Waals surface area contributed by atoms with Gasteiger partial charge >= 0.3 is 6.09 Å². The van der Waals surface area contributed by atoms with Gasteiger partial charge in [0.15, 0.2) is 0 Å². The van der Waals surface area contributed by atoms with E-state index in [1.165, 1.54) is 10.5 Å². The zero-order chi connectivity index (χ0) is 15.7. The minimum absolute atomic E-state index is 0.0822. The number of hydrogen-bond acceptors (Lipinski definition) is 2. The summed E-state index contributed by atoms with van der Waals surface area (Å²) in [6, 6.07) is 10.2. The molecule has 1 saturated heterocycles. The first kappa shape index (κ1) is 15.1. The number of likely N-dealkylation sites (tertiary alicyclic amines) is 1. The third-order valence-electron chi connectivity index (χ3n) is 5.55. The largest absolute Gasteiger partial charge is 0.465 e. The number of hydrogen-bond donors (Lipinski definition) is 1. The van der Waals surface area contributed by atoms with E-state index in [1.54, 1.807) is 0 Å². The van der Waals surface area contributed by atoms with Crippen molar-refractivity contribution >= 4 is 11.9 Å². The first-order chi connectivity index (χ1) is 10.5. The molecule has 2 atom stereocenters. The summed E-state index contributed by atoms with van der Waals surface area (Å²) in [6.07, 6.45) is 2.23. The Hall–Kier alpha value is -1.84. The molecule has 118 valence electrons. The van der Waals surface area contributed by atoms with Gasteiger partial charge in [0.2, 0.25) is 0 Å². The summed E-state index contributed by atoms with van der Waals surface area (Å²) in [7, 11) is 0. The summed E-state index contributed by atoms with van der Waals surface area (Å²) in [5, 5.41) is 9.08. The van der Waals surface area contributed by atoms with E-state index in [4.69, 9.17) is 5.11 Å². The van der Waals surface area contributed by atoms with Gasteiger partial charge in [0.25, 0.3) is 0 Å². The van der Waals surface area contributed by atoms with Crippen LogP contribution >= 0.6 is 0 Å². The van der Waals surface area contributed by atoms with Gasteiger partial charge in [0.05, 0.1) is 0 Å². The van der Waals surface area contributed by atoms with Crippen LogP contribution in [0.5, 0.6) is 0 Å². The lowest BCUT2D eigenvalue weighted by atomic mass is 9.75. The molecule has 1 heterocycles. The minimum atomic E-state index is -0.867. The molecule has 1 saturated carbocycles. The Bertz CT molecular complexity index is 561. The summed E-state index contributed by atoms with van der Waals surface area (Å²) >= 11 is 0. The Balaban J connectivity index is 1.72. The van der Waals surface area contributed by atoms with E-state index < -0.39 is 6.09 Å². The van der Waals surface area contributed by atoms with Crippen molar-refractivity contribution in [1.29, 1.82) is 0 Å². The quantitative estimate of drug-likeness (QED) is 0.912. The van der Waals surface area contributed by atoms with Crippen LogP contribution < -0.4 is 0 Å². The molecule has 0 aromatic heterocycles. The van der Waals surface area contributed by atoms with Crippen molar-refractivity contribution in [2.45, 2.75) is 32.6 Å². The molecule has 0 radical (unpaired) electrons. The molecule has 1 N–H and O–H groups in total. The van der Waals surface area contributed by atoms with Crippen LogP contribution in [0.3, 0.4) is 0 Å². The van der Waals surface area contributed by atoms with Crippen LogP contribution in [0.4, 0.5) is 4.79 Å². The molecule has 2 fully saturated rings. The van der Waals surface area contributed by atoms with Crippen LogP contribution in [-0.2, 0) is 11.2 Å². The maximum atomic E-state index is 13.0. The number of piperidine rings is 1. The van der Waals surface area contributed by atoms with Gasteiger partial charge in [0.1, 0.15) is 5.78 Å². The van der Waals surface area contributed by atoms with Crippen LogP contribution in [0, 0.1) is 17.3 Å². The lowest BCUT2D eigenvalue weighted by Gasteiger charge is -2.37. The number of rotatable bonds is 2. The number of carbonyl (C=O) groups excluding carboxylic acids is 1. The van der Waals surface area contributed by atoms with Crippen molar-refractivity contribution in [2.75, 3.05) is 13.1 Å². The molecule has 4 heteroatoms. The fourth-order valence-electron chi connectivity index (χ4n) is 4.25. The van der Waals surface area contributed by atoms with Gasteiger partial charge in [-0.3, -0.25) is 4.79 Å². The number of amides is 1. The molecular formula is C18H23NO3. The fourth-order valence-corrected chi connectivity index (χ4v) is 4.25. The molecule has 4 nitrogen and oxygen atoms in total. The molecule has 1 aromatic carbocycles. The maximum Gasteiger partial charge on any atom is 0.407 e. The molecule has 1 unspecified atom stereocenters. The highest BCUT2D eigenvalue weighted by Crippen LogP contribution is 2.49. The van der Waals surface area contributed by atoms with Crippen LogP contribution in [0.1, 0.15) is 31.7 Å². The van der Waals surface area contributed by atoms with Gasteiger partial charge in [-0.15, -0.1) is 0 Å². The van der Waals surface area contributed by atoms with E-state index in [-0.39, 0.29) is 11.3 Å². The number of ketones is 1. The molecule has 2 aliphatic rings. The molecule has 0 bridgehead atoms. The van der Waals surface area contributed by atoms with Gasteiger partial charge < -0.3 is 10.0 Å². The molecule has 1 aliphatic carbocycles. The van der Waals surface area contributed by atoms with Gasteiger partial charge in [-0.2, -0.15) is 0 Å². The van der Waals surface area contributed by atoms with Gasteiger partial charge in [0, 0.05) is 24.4 Å². The third kappa shape index (κ3) is 2.62. The minimum Gasteiger partial charge on any atom is -0.465 e. The van der Waals surface area contributed by atoms with Gasteiger partial charge in [-0.25, -0.2) is 4.79 Å². The SMILES string of the molecule is CC1CC2(CCN(C(=O)O)CC2)C(=O)[C@H]1Cc1ccccc1. The zero-order valence-corrected chi connectivity index (χ0v) is 13.0. The second-order valence-electron chi connectivity index (χ2n) is 6.89. The smallest absolute Gasteiger partial charge is 0.407 e. The predicted molar refractivity (Wildman–Crippen MR) is 83.7 cm³/mol. The van der Waals surface area contributed by atoms with E-state index in [9.17, 15) is 9.59 Å². The first-order valence-electron chi connectivity index (χ1n) is 8.08. The molecule has 1 aliphatic heterocycles. The first-order valence-corrected chi connectivity index (χ1v) is 8.08. The lowest BCUT2D eigenvalue weighted by molar-refractivity contribution is -0.131. The predicted octanol–water partition coefficient (Wildman–Crippen LogP) is 3.21. The Morgan fingerprint density at radius 1 is 1.27 bits per heavy atom. The van der Waals surface area contributed by atoms with Crippen LogP contribution in [0.15, 0.2) is 30.3 Å². The number of Topliss-reactive ketones (excluding diaryl/α,β-unsaturated/α-hetero) is 1. The molecule has 22 heavy (non-hydrogen) atoms. The summed E-state index contributed by atoms with van der Waals surface area (Å²) in [5.74, 6) is 0.830. The van der Waals surface area contributed by atoms with Crippen molar-refractivity contribution in [3.8, 4) is 0 Å². The Morgan fingerprint density at radius 2 is 1.91 bits per heavy atom. The lowest BCUT2D eigenvalue weighted by Crippen LogP contribution is -2.45. The number of benzene rings is 1. The standard InChI is InChI=1S/C18H23NO3/c1-13-12-18(7-9-19(10-8-18)17(21)22)16(20)15(13)11-14-5-3-2-4-6-14/h2-6,13,15H,7-12H2,1H3,(H,21,22)/t13?,15-/m0/s1. The van der Waals surface area contributed by atoms with E-state index >= 15 is 0 Å². The summed E-state index contributed by atoms with van der Waals surface area (Å²) in [4.78, 5) is 25.5. The number of carboxylic acid groups (broad SMARTS) is 1. The topological polar surface area (TPSA) is 57.6 Å². The Morgan fingerprint density at radius 3 is 2.50 bits per heavy atom. The number of nitrogens with zero attached hydrogens (tertiary/aromatic N) is 1. The van der Waals surface area contributed by atoms with Crippen molar-refractivity contribution in [2.24, 2.45) is 17.3 Å². The highest BCUT2D eigenvalue weighted by molar-refractivity contribution is 5.90. The molecule has 1 amide bonds. The average Bonchev–Trinajstić information content (AvgIpc) is 2.73. The highest BCUT2D eigenvalue weighted by atomic mass is 16.4. The summed E-state index contributed by atoms with van der Waals surface area (Å²) in [6.45, 7) is 3.15. The van der Waals surface area contributed by atoms with Gasteiger partial charge in [-0.05, 0) is 37.2 Å². The summed E-state index contributed by atoms with van der Waals surface area (Å²) in [5.41, 5.74) is 0.942.